The lowest BCUT2D eigenvalue weighted by atomic mass is 10.1. The highest BCUT2D eigenvalue weighted by molar-refractivity contribution is 5.72. The molecule has 0 spiro atoms. The first kappa shape index (κ1) is 38.1. The summed E-state index contributed by atoms with van der Waals surface area (Å²) in [5.74, 6) is 0.366. The number of carbonyl (C=O) groups excluding carboxylic acids is 1. The van der Waals surface area contributed by atoms with Gasteiger partial charge in [-0.3, -0.25) is 4.79 Å². The Kier molecular flexibility index (Phi) is 15.4. The third kappa shape index (κ3) is 12.0. The van der Waals surface area contributed by atoms with Crippen LogP contribution in [0.2, 0.25) is 0 Å². The summed E-state index contributed by atoms with van der Waals surface area (Å²) in [7, 11) is 0. The van der Waals surface area contributed by atoms with Crippen LogP contribution in [0.3, 0.4) is 0 Å². The largest absolute Gasteiger partial charge is 0.466 e. The second-order valence-corrected chi connectivity index (χ2v) is 13.0. The smallest absolute Gasteiger partial charge is 0.305 e. The molecule has 0 radical (unpaired) electrons. The molecule has 1 N–H and O–H groups in total. The number of unbranched alkanes of at least 4 members (excludes halogenated alkanes) is 5. The topological polar surface area (TPSA) is 143 Å². The Bertz CT molecular complexity index is 1490. The fraction of sp³-hybridized carbons (Fsp3) is 0.583. The number of nitrogens with zero attached hydrogens (tertiary/aromatic N) is 8. The number of hydrogen-bond acceptors (Lipinski definition) is 11. The SMILES string of the molecule is CCCCCCCCN(CCCC(=O)OCC)c1ccc(N=Nc2c(C#N)c(C(C)C)nn2-c2ncccn2)c(NCOC(C)(C)C)c1. The summed E-state index contributed by atoms with van der Waals surface area (Å²) in [5, 5.41) is 27.3. The van der Waals surface area contributed by atoms with Crippen molar-refractivity contribution in [3.63, 3.8) is 0 Å². The van der Waals surface area contributed by atoms with Crippen LogP contribution in [0.15, 0.2) is 46.9 Å². The molecule has 0 saturated heterocycles. The van der Waals surface area contributed by atoms with E-state index in [2.05, 4.69) is 48.5 Å². The van der Waals surface area contributed by atoms with Crippen LogP contribution >= 0.6 is 0 Å². The quantitative estimate of drug-likeness (QED) is 0.0545. The van der Waals surface area contributed by atoms with E-state index in [-0.39, 0.29) is 30.0 Å². The van der Waals surface area contributed by atoms with Crippen molar-refractivity contribution in [1.82, 2.24) is 19.7 Å². The standard InChI is InChI=1S/C36H53N9O3/c1-8-10-11-12-13-14-22-44(23-15-17-32(46)47-9-2)28-18-19-30(31(24-28)40-26-48-36(5,6)7)41-42-34-29(25-37)33(27(3)4)43-45(34)35-38-20-16-21-39-35/h16,18-21,24,27,40H,8-15,17,22-23,26H2,1-7H3. The van der Waals surface area contributed by atoms with E-state index in [1.54, 1.807) is 18.5 Å². The molecule has 0 bridgehead atoms. The van der Waals surface area contributed by atoms with Gasteiger partial charge in [0.2, 0.25) is 0 Å². The molecular formula is C36H53N9O3. The maximum atomic E-state index is 12.1. The minimum absolute atomic E-state index is 0.0222. The number of hydrogen-bond donors (Lipinski definition) is 1. The van der Waals surface area contributed by atoms with Crippen molar-refractivity contribution in [3.05, 3.63) is 47.9 Å². The van der Waals surface area contributed by atoms with Gasteiger partial charge in [-0.25, -0.2) is 9.97 Å². The van der Waals surface area contributed by atoms with Gasteiger partial charge in [0.05, 0.1) is 23.6 Å². The summed E-state index contributed by atoms with van der Waals surface area (Å²) in [6.07, 6.45) is 11.5. The Morgan fingerprint density at radius 3 is 2.42 bits per heavy atom. The van der Waals surface area contributed by atoms with Crippen LogP contribution in [0.5, 0.6) is 0 Å². The molecule has 0 aliphatic carbocycles. The predicted molar refractivity (Wildman–Crippen MR) is 189 cm³/mol. The van der Waals surface area contributed by atoms with Crippen LogP contribution in [-0.2, 0) is 14.3 Å². The number of aromatic nitrogens is 4. The predicted octanol–water partition coefficient (Wildman–Crippen LogP) is 8.77. The van der Waals surface area contributed by atoms with Crippen molar-refractivity contribution in [2.24, 2.45) is 10.2 Å². The number of esters is 1. The maximum Gasteiger partial charge on any atom is 0.305 e. The van der Waals surface area contributed by atoms with Crippen LogP contribution in [0, 0.1) is 11.3 Å². The Morgan fingerprint density at radius 2 is 1.75 bits per heavy atom. The van der Waals surface area contributed by atoms with Crippen LogP contribution in [0.25, 0.3) is 5.95 Å². The molecule has 3 aromatic rings. The molecule has 48 heavy (non-hydrogen) atoms. The molecule has 0 aliphatic rings. The Balaban J connectivity index is 1.98. The Labute approximate surface area is 286 Å². The molecule has 0 atom stereocenters. The summed E-state index contributed by atoms with van der Waals surface area (Å²) in [4.78, 5) is 23.1. The highest BCUT2D eigenvalue weighted by Crippen LogP contribution is 2.35. The van der Waals surface area contributed by atoms with Crippen LogP contribution in [0.1, 0.15) is 117 Å². The molecule has 2 heterocycles. The van der Waals surface area contributed by atoms with Crippen LogP contribution in [0.4, 0.5) is 22.9 Å². The molecule has 0 unspecified atom stereocenters. The summed E-state index contributed by atoms with van der Waals surface area (Å²) in [6, 6.07) is 9.96. The van der Waals surface area contributed by atoms with Crippen LogP contribution < -0.4 is 10.2 Å². The number of anilines is 2. The Morgan fingerprint density at radius 1 is 1.04 bits per heavy atom. The highest BCUT2D eigenvalue weighted by Gasteiger charge is 2.23. The molecule has 0 fully saturated rings. The number of nitriles is 1. The van der Waals surface area contributed by atoms with E-state index in [0.717, 1.165) is 30.8 Å². The van der Waals surface area contributed by atoms with Crippen molar-refractivity contribution >= 4 is 28.8 Å². The third-order valence-corrected chi connectivity index (χ3v) is 7.55. The van der Waals surface area contributed by atoms with Crippen molar-refractivity contribution in [3.8, 4) is 12.0 Å². The summed E-state index contributed by atoms with van der Waals surface area (Å²) >= 11 is 0. The first-order valence-corrected chi connectivity index (χ1v) is 17.2. The maximum absolute atomic E-state index is 12.1. The van der Waals surface area contributed by atoms with Crippen molar-refractivity contribution < 1.29 is 14.3 Å². The molecule has 12 heteroatoms. The Hall–Kier alpha value is -4.37. The number of ether oxygens (including phenoxy) is 2. The van der Waals surface area contributed by atoms with Gasteiger partial charge in [-0.1, -0.05) is 52.9 Å². The van der Waals surface area contributed by atoms with Gasteiger partial charge >= 0.3 is 5.97 Å². The normalized spacial score (nSPS) is 11.6. The molecule has 3 rings (SSSR count). The van der Waals surface area contributed by atoms with E-state index < -0.39 is 0 Å². The van der Waals surface area contributed by atoms with Gasteiger partial charge in [0.25, 0.3) is 5.95 Å². The van der Waals surface area contributed by atoms with Gasteiger partial charge in [0.1, 0.15) is 24.1 Å². The molecule has 2 aromatic heterocycles. The lowest BCUT2D eigenvalue weighted by molar-refractivity contribution is -0.143. The summed E-state index contributed by atoms with van der Waals surface area (Å²) < 4.78 is 12.6. The van der Waals surface area contributed by atoms with Gasteiger partial charge in [-0.15, -0.1) is 10.2 Å². The second-order valence-electron chi connectivity index (χ2n) is 13.0. The van der Waals surface area contributed by atoms with Gasteiger partial charge in [-0.05, 0) is 70.7 Å². The second kappa shape index (κ2) is 19.5. The summed E-state index contributed by atoms with van der Waals surface area (Å²) in [6.45, 7) is 16.2. The van der Waals surface area contributed by atoms with E-state index >= 15 is 0 Å². The molecule has 12 nitrogen and oxygen atoms in total. The zero-order valence-corrected chi connectivity index (χ0v) is 29.8. The fourth-order valence-electron chi connectivity index (χ4n) is 5.05. The first-order chi connectivity index (χ1) is 23.1. The summed E-state index contributed by atoms with van der Waals surface area (Å²) in [5.41, 5.74) is 2.88. The van der Waals surface area contributed by atoms with E-state index in [1.807, 2.05) is 59.7 Å². The van der Waals surface area contributed by atoms with Gasteiger partial charge in [0.15, 0.2) is 5.82 Å². The van der Waals surface area contributed by atoms with Crippen molar-refractivity contribution in [1.29, 1.82) is 5.26 Å². The molecule has 0 aliphatic heterocycles. The number of nitrogens with one attached hydrogen (secondary N) is 1. The number of rotatable bonds is 20. The zero-order valence-electron chi connectivity index (χ0n) is 29.8. The highest BCUT2D eigenvalue weighted by atomic mass is 16.5. The first-order valence-electron chi connectivity index (χ1n) is 17.2. The monoisotopic (exact) mass is 659 g/mol. The van der Waals surface area contributed by atoms with E-state index in [0.29, 0.717) is 48.9 Å². The van der Waals surface area contributed by atoms with Gasteiger partial charge < -0.3 is 19.7 Å². The van der Waals surface area contributed by atoms with Crippen molar-refractivity contribution in [2.45, 2.75) is 111 Å². The van der Waals surface area contributed by atoms with Gasteiger partial charge in [0, 0.05) is 37.6 Å². The fourth-order valence-corrected chi connectivity index (χ4v) is 5.05. The van der Waals surface area contributed by atoms with Gasteiger partial charge in [-0.2, -0.15) is 15.0 Å². The molecule has 1 aromatic carbocycles. The van der Waals surface area contributed by atoms with E-state index in [4.69, 9.17) is 9.47 Å². The number of carbonyl (C=O) groups is 1. The van der Waals surface area contributed by atoms with Crippen LogP contribution in [-0.4, -0.2) is 57.7 Å². The number of azo groups is 1. The molecule has 0 saturated carbocycles. The lowest BCUT2D eigenvalue weighted by Crippen LogP contribution is -2.26. The third-order valence-electron chi connectivity index (χ3n) is 7.55. The average molecular weight is 660 g/mol. The number of benzene rings is 1. The minimum Gasteiger partial charge on any atom is -0.466 e. The van der Waals surface area contributed by atoms with E-state index in [1.165, 1.54) is 30.4 Å². The lowest BCUT2D eigenvalue weighted by Gasteiger charge is -2.26. The molecule has 260 valence electrons. The van der Waals surface area contributed by atoms with Crippen molar-refractivity contribution in [2.75, 3.05) is 36.6 Å². The molecular weight excluding hydrogens is 606 g/mol. The average Bonchev–Trinajstić information content (AvgIpc) is 3.43. The minimum atomic E-state index is -0.347. The molecule has 0 amide bonds. The zero-order chi connectivity index (χ0) is 34.9. The van der Waals surface area contributed by atoms with E-state index in [9.17, 15) is 10.1 Å².